The van der Waals surface area contributed by atoms with Crippen molar-refractivity contribution in [3.63, 3.8) is 0 Å². The van der Waals surface area contributed by atoms with Crippen molar-refractivity contribution in [2.45, 2.75) is 31.1 Å². The second-order valence-electron chi connectivity index (χ2n) is 6.07. The van der Waals surface area contributed by atoms with Gasteiger partial charge in [-0.1, -0.05) is 7.60 Å². The molecule has 5 atom stereocenters. The zero-order chi connectivity index (χ0) is 16.3. The minimum atomic E-state index is -4.70. The summed E-state index contributed by atoms with van der Waals surface area (Å²) in [5.41, 5.74) is -2.13. The van der Waals surface area contributed by atoms with Gasteiger partial charge in [0.25, 0.3) is 5.56 Å². The van der Waals surface area contributed by atoms with Crippen molar-refractivity contribution < 1.29 is 24.6 Å². The minimum Gasteiger partial charge on any atom is -0.811 e. The molecule has 1 aromatic rings. The number of H-pyrrole nitrogens is 1. The SMILES string of the molecule is O=c1ccn([C@H]2[C@H](O)[C@H](O)[C@]3(CCP(=O)([O-])[O-])C[C@H]23)c(=O)[nH]1. The van der Waals surface area contributed by atoms with Crippen LogP contribution in [0, 0.1) is 11.3 Å². The monoisotopic (exact) mass is 330 g/mol. The molecular formula is C12H15N2O7P-2. The molecule has 3 N–H and O–H groups in total. The number of rotatable bonds is 4. The van der Waals surface area contributed by atoms with Gasteiger partial charge in [-0.15, -0.1) is 0 Å². The van der Waals surface area contributed by atoms with E-state index >= 15 is 0 Å². The largest absolute Gasteiger partial charge is 0.811 e. The fourth-order valence-corrected chi connectivity index (χ4v) is 4.41. The molecule has 9 nitrogen and oxygen atoms in total. The Bertz CT molecular complexity index is 752. The van der Waals surface area contributed by atoms with Gasteiger partial charge in [-0.3, -0.25) is 14.3 Å². The number of hydrogen-bond donors (Lipinski definition) is 3. The zero-order valence-corrected chi connectivity index (χ0v) is 12.3. The summed E-state index contributed by atoms with van der Waals surface area (Å²) in [6, 6.07) is 0.379. The standard InChI is InChI=1S/C12H17N2O7P/c15-7-1-3-14(11(18)13-7)8-6-5-12(6,10(17)9(8)16)2-4-22(19,20)21/h1,3,6,8-10,16-17H,2,4-5H2,(H,13,15,18)(H2,19,20,21)/p-2/t6-,8-,9+,10+,12-/m1/s1. The van der Waals surface area contributed by atoms with Gasteiger partial charge in [0.2, 0.25) is 0 Å². The Kier molecular flexibility index (Phi) is 3.46. The van der Waals surface area contributed by atoms with Gasteiger partial charge >= 0.3 is 5.69 Å². The third-order valence-electron chi connectivity index (χ3n) is 4.88. The van der Waals surface area contributed by atoms with E-state index in [1.165, 1.54) is 6.20 Å². The summed E-state index contributed by atoms with van der Waals surface area (Å²) in [6.45, 7) is 0. The molecule has 0 spiro atoms. The Labute approximate surface area is 124 Å². The Morgan fingerprint density at radius 1 is 1.41 bits per heavy atom. The van der Waals surface area contributed by atoms with E-state index in [0.717, 1.165) is 10.6 Å². The normalized spacial score (nSPS) is 37.1. The number of fused-ring (bicyclic) bond motifs is 1. The molecule has 0 amide bonds. The van der Waals surface area contributed by atoms with Crippen LogP contribution in [0.3, 0.4) is 0 Å². The molecule has 2 saturated carbocycles. The fraction of sp³-hybridized carbons (Fsp3) is 0.667. The summed E-state index contributed by atoms with van der Waals surface area (Å²) in [4.78, 5) is 46.6. The molecule has 3 rings (SSSR count). The lowest BCUT2D eigenvalue weighted by Crippen LogP contribution is -2.39. The van der Waals surface area contributed by atoms with E-state index in [2.05, 4.69) is 4.98 Å². The maximum Gasteiger partial charge on any atom is 0.328 e. The molecule has 122 valence electrons. The third kappa shape index (κ3) is 2.39. The van der Waals surface area contributed by atoms with E-state index in [1.807, 2.05) is 0 Å². The first-order valence-corrected chi connectivity index (χ1v) is 8.57. The van der Waals surface area contributed by atoms with E-state index < -0.39 is 48.7 Å². The molecule has 0 saturated heterocycles. The highest BCUT2D eigenvalue weighted by atomic mass is 31.2. The van der Waals surface area contributed by atoms with Crippen LogP contribution in [0.25, 0.3) is 0 Å². The highest BCUT2D eigenvalue weighted by molar-refractivity contribution is 7.48. The number of nitrogens with one attached hydrogen (secondary N) is 1. The predicted molar refractivity (Wildman–Crippen MR) is 70.0 cm³/mol. The maximum atomic E-state index is 11.8. The topological polar surface area (TPSA) is 159 Å². The van der Waals surface area contributed by atoms with E-state index in [0.29, 0.717) is 6.42 Å². The van der Waals surface area contributed by atoms with Crippen LogP contribution in [0.2, 0.25) is 0 Å². The molecule has 0 unspecified atom stereocenters. The summed E-state index contributed by atoms with van der Waals surface area (Å²) in [5, 5.41) is 20.4. The van der Waals surface area contributed by atoms with Gasteiger partial charge in [0.05, 0.1) is 12.1 Å². The highest BCUT2D eigenvalue weighted by Crippen LogP contribution is 2.69. The molecule has 10 heteroatoms. The lowest BCUT2D eigenvalue weighted by Gasteiger charge is -2.32. The van der Waals surface area contributed by atoms with Gasteiger partial charge in [-0.25, -0.2) is 4.79 Å². The van der Waals surface area contributed by atoms with Gasteiger partial charge < -0.3 is 24.6 Å². The summed E-state index contributed by atoms with van der Waals surface area (Å²) in [6.07, 6.45) is -1.47. The second kappa shape index (κ2) is 4.87. The number of aromatic nitrogens is 2. The first-order valence-electron chi connectivity index (χ1n) is 6.84. The summed E-state index contributed by atoms with van der Waals surface area (Å²) in [7, 11) is -4.70. The van der Waals surface area contributed by atoms with Crippen LogP contribution >= 0.6 is 7.60 Å². The predicted octanol–water partition coefficient (Wildman–Crippen LogP) is -2.88. The molecule has 2 aliphatic rings. The van der Waals surface area contributed by atoms with Crippen molar-refractivity contribution in [3.05, 3.63) is 33.1 Å². The number of nitrogens with zero attached hydrogens (tertiary/aromatic N) is 1. The van der Waals surface area contributed by atoms with Crippen LogP contribution in [-0.2, 0) is 4.57 Å². The van der Waals surface area contributed by atoms with Crippen LogP contribution in [-0.4, -0.2) is 38.1 Å². The molecule has 0 aliphatic heterocycles. The van der Waals surface area contributed by atoms with Crippen LogP contribution in [0.15, 0.2) is 21.9 Å². The third-order valence-corrected chi connectivity index (χ3v) is 5.65. The Hall–Kier alpha value is -1.25. The van der Waals surface area contributed by atoms with Gasteiger partial charge in [-0.2, -0.15) is 0 Å². The van der Waals surface area contributed by atoms with Gasteiger partial charge in [0.1, 0.15) is 6.10 Å². The van der Waals surface area contributed by atoms with Crippen molar-refractivity contribution in [2.75, 3.05) is 6.16 Å². The van der Waals surface area contributed by atoms with Crippen molar-refractivity contribution >= 4 is 7.60 Å². The zero-order valence-electron chi connectivity index (χ0n) is 11.4. The average Bonchev–Trinajstić information content (AvgIpc) is 3.08. The van der Waals surface area contributed by atoms with E-state index in [1.54, 1.807) is 0 Å². The Balaban J connectivity index is 1.89. The second-order valence-corrected chi connectivity index (χ2v) is 7.74. The summed E-state index contributed by atoms with van der Waals surface area (Å²) in [5.74, 6) is -0.312. The number of aromatic amines is 1. The van der Waals surface area contributed by atoms with Crippen molar-refractivity contribution in [1.29, 1.82) is 0 Å². The average molecular weight is 330 g/mol. The van der Waals surface area contributed by atoms with Crippen LogP contribution in [0.4, 0.5) is 0 Å². The first kappa shape index (κ1) is 15.6. The molecule has 0 bridgehead atoms. The van der Waals surface area contributed by atoms with Crippen LogP contribution in [0.1, 0.15) is 18.9 Å². The van der Waals surface area contributed by atoms with Crippen LogP contribution < -0.4 is 21.0 Å². The molecule has 2 aliphatic carbocycles. The highest BCUT2D eigenvalue weighted by Gasteiger charge is 2.70. The smallest absolute Gasteiger partial charge is 0.328 e. The van der Waals surface area contributed by atoms with Gasteiger partial charge in [-0.05, 0) is 24.9 Å². The molecule has 1 heterocycles. The minimum absolute atomic E-state index is 0.0469. The van der Waals surface area contributed by atoms with Crippen molar-refractivity contribution in [2.24, 2.45) is 11.3 Å². The molecule has 1 aromatic heterocycles. The summed E-state index contributed by atoms with van der Waals surface area (Å²) >= 11 is 0. The molecule has 2 fully saturated rings. The van der Waals surface area contributed by atoms with Gasteiger partial charge in [0.15, 0.2) is 0 Å². The first-order chi connectivity index (χ1) is 10.2. The Morgan fingerprint density at radius 2 is 2.09 bits per heavy atom. The molecular weight excluding hydrogens is 315 g/mol. The van der Waals surface area contributed by atoms with E-state index in [-0.39, 0.29) is 12.3 Å². The van der Waals surface area contributed by atoms with E-state index in [4.69, 9.17) is 0 Å². The quantitative estimate of drug-likeness (QED) is 0.500. The lowest BCUT2D eigenvalue weighted by molar-refractivity contribution is -0.313. The maximum absolute atomic E-state index is 11.8. The fourth-order valence-electron chi connectivity index (χ4n) is 3.72. The van der Waals surface area contributed by atoms with Crippen molar-refractivity contribution in [3.8, 4) is 0 Å². The lowest BCUT2D eigenvalue weighted by atomic mass is 9.96. The summed E-state index contributed by atoms with van der Waals surface area (Å²) < 4.78 is 12.0. The van der Waals surface area contributed by atoms with Crippen molar-refractivity contribution in [1.82, 2.24) is 9.55 Å². The number of hydrogen-bond acceptors (Lipinski definition) is 7. The Morgan fingerprint density at radius 3 is 2.68 bits per heavy atom. The molecule has 22 heavy (non-hydrogen) atoms. The molecule has 0 radical (unpaired) electrons. The number of aliphatic hydroxyl groups is 2. The molecule has 0 aromatic carbocycles. The van der Waals surface area contributed by atoms with Crippen LogP contribution in [0.5, 0.6) is 0 Å². The number of aliphatic hydroxyl groups excluding tert-OH is 2. The van der Waals surface area contributed by atoms with Gasteiger partial charge in [0, 0.05) is 17.7 Å². The van der Waals surface area contributed by atoms with E-state index in [9.17, 15) is 34.2 Å².